The van der Waals surface area contributed by atoms with E-state index >= 15 is 0 Å². The molecule has 2 aromatic carbocycles. The molecule has 0 radical (unpaired) electrons. The first-order valence-corrected chi connectivity index (χ1v) is 9.88. The number of nitrogens with one attached hydrogen (secondary N) is 1. The normalized spacial score (nSPS) is 12.0. The average Bonchev–Trinajstić information content (AvgIpc) is 2.71. The Bertz CT molecular complexity index is 757. The number of phosphoric acid groups is 1. The molecule has 0 saturated carbocycles. The van der Waals surface area contributed by atoms with Crippen LogP contribution in [-0.4, -0.2) is 25.2 Å². The molecule has 2 aromatic rings. The largest absolute Gasteiger partial charge is 0.502 e. The molecule has 29 heavy (non-hydrogen) atoms. The fourth-order valence-corrected chi connectivity index (χ4v) is 2.92. The van der Waals surface area contributed by atoms with E-state index in [0.29, 0.717) is 11.1 Å². The van der Waals surface area contributed by atoms with Crippen LogP contribution in [0.15, 0.2) is 60.7 Å². The zero-order valence-electron chi connectivity index (χ0n) is 15.1. The lowest BCUT2D eigenvalue weighted by molar-refractivity contribution is -0.227. The quantitative estimate of drug-likeness (QED) is 0.248. The van der Waals surface area contributed by atoms with Crippen molar-refractivity contribution >= 4 is 13.7 Å². The Morgan fingerprint density at radius 3 is 1.83 bits per heavy atom. The number of alkyl halides is 3. The number of hydrogen-bond acceptors (Lipinski definition) is 6. The van der Waals surface area contributed by atoms with Gasteiger partial charge in [-0.2, -0.15) is 13.2 Å². The summed E-state index contributed by atoms with van der Waals surface area (Å²) in [6, 6.07) is 17.6. The molecule has 11 heteroatoms. The summed E-state index contributed by atoms with van der Waals surface area (Å²) in [7, 11) is -4.20. The van der Waals surface area contributed by atoms with E-state index in [0.717, 1.165) is 0 Å². The van der Waals surface area contributed by atoms with Gasteiger partial charge in [0.05, 0.1) is 13.2 Å². The zero-order chi connectivity index (χ0) is 21.2. The predicted molar refractivity (Wildman–Crippen MR) is 96.2 cm³/mol. The molecule has 158 valence electrons. The number of carbonyl (C=O) groups is 1. The van der Waals surface area contributed by atoms with Crippen LogP contribution in [0, 0.1) is 0 Å². The van der Waals surface area contributed by atoms with Crippen molar-refractivity contribution in [2.24, 2.45) is 0 Å². The van der Waals surface area contributed by atoms with Crippen molar-refractivity contribution in [3.63, 3.8) is 0 Å². The number of rotatable bonds is 11. The number of halogens is 3. The van der Waals surface area contributed by atoms with E-state index in [-0.39, 0.29) is 13.2 Å². The SMILES string of the molecule is O=C(NCCOOP(=O)(OCc1ccccc1)OCc1ccccc1)C(F)(F)F. The van der Waals surface area contributed by atoms with Gasteiger partial charge in [-0.1, -0.05) is 60.7 Å². The van der Waals surface area contributed by atoms with Crippen LogP contribution in [-0.2, 0) is 41.2 Å². The molecule has 0 bridgehead atoms. The second-order valence-electron chi connectivity index (χ2n) is 5.62. The first-order valence-electron chi connectivity index (χ1n) is 8.42. The smallest absolute Gasteiger partial charge is 0.346 e. The molecule has 0 aliphatic carbocycles. The Kier molecular flexibility index (Phi) is 8.81. The van der Waals surface area contributed by atoms with Crippen molar-refractivity contribution in [1.29, 1.82) is 0 Å². The van der Waals surface area contributed by atoms with E-state index in [1.54, 1.807) is 66.0 Å². The highest BCUT2D eigenvalue weighted by atomic mass is 31.2. The van der Waals surface area contributed by atoms with Crippen LogP contribution in [0.4, 0.5) is 13.2 Å². The zero-order valence-corrected chi connectivity index (χ0v) is 16.0. The third-order valence-corrected chi connectivity index (χ3v) is 4.52. The van der Waals surface area contributed by atoms with Crippen LogP contribution in [0.3, 0.4) is 0 Å². The van der Waals surface area contributed by atoms with Crippen LogP contribution in [0.5, 0.6) is 0 Å². The van der Waals surface area contributed by atoms with E-state index in [4.69, 9.17) is 13.7 Å². The highest BCUT2D eigenvalue weighted by molar-refractivity contribution is 7.48. The van der Waals surface area contributed by atoms with E-state index in [1.165, 1.54) is 0 Å². The minimum absolute atomic E-state index is 0.110. The molecular weight excluding hydrogens is 414 g/mol. The van der Waals surface area contributed by atoms with Crippen molar-refractivity contribution in [1.82, 2.24) is 5.32 Å². The number of benzene rings is 2. The minimum Gasteiger partial charge on any atom is -0.346 e. The summed E-state index contributed by atoms with van der Waals surface area (Å²) in [5, 5.41) is 1.58. The van der Waals surface area contributed by atoms with Crippen molar-refractivity contribution < 1.29 is 41.1 Å². The molecule has 0 fully saturated rings. The molecule has 1 amide bonds. The number of amides is 1. The van der Waals surface area contributed by atoms with Crippen LogP contribution in [0.25, 0.3) is 0 Å². The van der Waals surface area contributed by atoms with E-state index in [2.05, 4.69) is 4.89 Å². The molecule has 0 heterocycles. The van der Waals surface area contributed by atoms with Gasteiger partial charge in [-0.25, -0.2) is 9.45 Å². The summed E-state index contributed by atoms with van der Waals surface area (Å²) in [5.41, 5.74) is 1.38. The standard InChI is InChI=1S/C18H19F3NO6P/c19-18(20,21)17(23)22-11-12-25-28-29(24,26-13-15-7-3-1-4-8-15)27-14-16-9-5-2-6-10-16/h1-10H,11-14H2,(H,22,23). The van der Waals surface area contributed by atoms with Crippen LogP contribution >= 0.6 is 7.82 Å². The molecule has 0 aliphatic rings. The summed E-state index contributed by atoms with van der Waals surface area (Å²) in [5.74, 6) is -2.12. The minimum atomic E-state index is -5.01. The number of phosphoric ester groups is 1. The lowest BCUT2D eigenvalue weighted by atomic mass is 10.2. The Labute approximate surface area is 165 Å². The van der Waals surface area contributed by atoms with Gasteiger partial charge in [-0.3, -0.25) is 13.8 Å². The first-order chi connectivity index (χ1) is 13.8. The summed E-state index contributed by atoms with van der Waals surface area (Å²) >= 11 is 0. The Morgan fingerprint density at radius 1 is 0.897 bits per heavy atom. The fourth-order valence-electron chi connectivity index (χ4n) is 1.94. The van der Waals surface area contributed by atoms with Crippen molar-refractivity contribution in [2.75, 3.05) is 13.2 Å². The highest BCUT2D eigenvalue weighted by Crippen LogP contribution is 2.51. The lowest BCUT2D eigenvalue weighted by Gasteiger charge is -2.17. The van der Waals surface area contributed by atoms with Gasteiger partial charge in [0.25, 0.3) is 0 Å². The van der Waals surface area contributed by atoms with Gasteiger partial charge >= 0.3 is 19.9 Å². The Morgan fingerprint density at radius 2 is 1.38 bits per heavy atom. The molecule has 0 aromatic heterocycles. The number of carbonyl (C=O) groups excluding carboxylic acids is 1. The molecule has 2 rings (SSSR count). The van der Waals surface area contributed by atoms with Crippen LogP contribution < -0.4 is 5.32 Å². The molecule has 0 aliphatic heterocycles. The van der Waals surface area contributed by atoms with Crippen LogP contribution in [0.1, 0.15) is 11.1 Å². The van der Waals surface area contributed by atoms with Gasteiger partial charge in [-0.15, -0.1) is 4.67 Å². The maximum absolute atomic E-state index is 12.8. The van der Waals surface area contributed by atoms with E-state index < -0.39 is 33.1 Å². The lowest BCUT2D eigenvalue weighted by Crippen LogP contribution is -2.38. The summed E-state index contributed by atoms with van der Waals surface area (Å²) in [4.78, 5) is 15.4. The third kappa shape index (κ3) is 8.76. The molecule has 0 spiro atoms. The Balaban J connectivity index is 1.87. The summed E-state index contributed by atoms with van der Waals surface area (Å²) in [6.45, 7) is -1.24. The number of hydrogen-bond donors (Lipinski definition) is 1. The van der Waals surface area contributed by atoms with Gasteiger partial charge in [0.15, 0.2) is 0 Å². The Hall–Kier alpha value is -2.23. The topological polar surface area (TPSA) is 83.1 Å². The molecule has 0 saturated heterocycles. The van der Waals surface area contributed by atoms with Gasteiger partial charge in [0.2, 0.25) is 0 Å². The van der Waals surface area contributed by atoms with Crippen molar-refractivity contribution in [3.05, 3.63) is 71.8 Å². The van der Waals surface area contributed by atoms with E-state index in [9.17, 15) is 22.5 Å². The van der Waals surface area contributed by atoms with Gasteiger partial charge in [0.1, 0.15) is 6.61 Å². The second kappa shape index (κ2) is 11.1. The monoisotopic (exact) mass is 433 g/mol. The average molecular weight is 433 g/mol. The maximum atomic E-state index is 12.8. The molecule has 0 atom stereocenters. The van der Waals surface area contributed by atoms with Crippen molar-refractivity contribution in [2.45, 2.75) is 19.4 Å². The third-order valence-electron chi connectivity index (χ3n) is 3.34. The molecule has 7 nitrogen and oxygen atoms in total. The molecule has 0 unspecified atom stereocenters. The van der Waals surface area contributed by atoms with E-state index in [1.807, 2.05) is 0 Å². The maximum Gasteiger partial charge on any atom is 0.502 e. The van der Waals surface area contributed by atoms with Gasteiger partial charge in [-0.05, 0) is 11.1 Å². The summed E-state index contributed by atoms with van der Waals surface area (Å²) in [6.07, 6.45) is -5.01. The van der Waals surface area contributed by atoms with Gasteiger partial charge in [0, 0.05) is 6.54 Å². The highest BCUT2D eigenvalue weighted by Gasteiger charge is 2.38. The van der Waals surface area contributed by atoms with Gasteiger partial charge < -0.3 is 5.32 Å². The second-order valence-corrected chi connectivity index (χ2v) is 7.18. The molecule has 1 N–H and O–H groups in total. The fraction of sp³-hybridized carbons (Fsp3) is 0.278. The molecular formula is C18H19F3NO6P. The first kappa shape index (κ1) is 23.1. The predicted octanol–water partition coefficient (Wildman–Crippen LogP) is 4.15. The van der Waals surface area contributed by atoms with Crippen molar-refractivity contribution in [3.8, 4) is 0 Å². The summed E-state index contributed by atoms with van der Waals surface area (Å²) < 4.78 is 64.3. The van der Waals surface area contributed by atoms with Crippen LogP contribution in [0.2, 0.25) is 0 Å².